The van der Waals surface area contributed by atoms with E-state index in [4.69, 9.17) is 0 Å². The van der Waals surface area contributed by atoms with Gasteiger partial charge < -0.3 is 10.6 Å². The van der Waals surface area contributed by atoms with E-state index >= 15 is 0 Å². The summed E-state index contributed by atoms with van der Waals surface area (Å²) in [6.45, 7) is 8.37. The third-order valence-corrected chi connectivity index (χ3v) is 7.51. The van der Waals surface area contributed by atoms with Crippen molar-refractivity contribution in [2.75, 3.05) is 10.6 Å². The lowest BCUT2D eigenvalue weighted by atomic mass is 9.74. The maximum atomic E-state index is 10.9. The molecular formula is C30H28N4O4. The van der Waals surface area contributed by atoms with Crippen molar-refractivity contribution in [2.45, 2.75) is 38.5 Å². The molecule has 0 aliphatic carbocycles. The molecule has 38 heavy (non-hydrogen) atoms. The zero-order valence-electron chi connectivity index (χ0n) is 21.6. The van der Waals surface area contributed by atoms with E-state index in [0.29, 0.717) is 0 Å². The average Bonchev–Trinajstić information content (AvgIpc) is 2.89. The van der Waals surface area contributed by atoms with Crippen LogP contribution in [-0.2, 0) is 10.8 Å². The lowest BCUT2D eigenvalue weighted by Crippen LogP contribution is -2.25. The summed E-state index contributed by atoms with van der Waals surface area (Å²) in [5, 5.41) is 28.5. The van der Waals surface area contributed by atoms with Crippen LogP contribution < -0.4 is 10.6 Å². The Morgan fingerprint density at radius 1 is 0.526 bits per heavy atom. The third-order valence-electron chi connectivity index (χ3n) is 7.51. The summed E-state index contributed by atoms with van der Waals surface area (Å²) in [7, 11) is 0. The molecule has 0 saturated carbocycles. The van der Waals surface area contributed by atoms with Crippen molar-refractivity contribution in [1.29, 1.82) is 0 Å². The minimum Gasteiger partial charge on any atom is -0.355 e. The van der Waals surface area contributed by atoms with Gasteiger partial charge in [-0.3, -0.25) is 20.2 Å². The Morgan fingerprint density at radius 2 is 0.868 bits per heavy atom. The number of nitro benzene ring substituents is 2. The second kappa shape index (κ2) is 8.99. The highest BCUT2D eigenvalue weighted by atomic mass is 16.6. The van der Waals surface area contributed by atoms with Gasteiger partial charge in [0.25, 0.3) is 11.4 Å². The lowest BCUT2D eigenvalue weighted by Gasteiger charge is -2.35. The standard InChI is InChI=1S/2C15H14N2O2/c2*1-15(2)11-5-3-4-6-13(11)16-14-8-7-10(17(18)19)9-12(14)15/h2*3-9,16H,1-2H3. The van der Waals surface area contributed by atoms with E-state index in [2.05, 4.69) is 50.5 Å². The van der Waals surface area contributed by atoms with Crippen LogP contribution in [0.5, 0.6) is 0 Å². The van der Waals surface area contributed by atoms with Crippen molar-refractivity contribution >= 4 is 34.1 Å². The van der Waals surface area contributed by atoms with E-state index < -0.39 is 0 Å². The van der Waals surface area contributed by atoms with Crippen molar-refractivity contribution in [2.24, 2.45) is 0 Å². The van der Waals surface area contributed by atoms with Gasteiger partial charge in [-0.2, -0.15) is 0 Å². The summed E-state index contributed by atoms with van der Waals surface area (Å²) in [6, 6.07) is 26.1. The number of benzene rings is 4. The molecule has 0 fully saturated rings. The summed E-state index contributed by atoms with van der Waals surface area (Å²) in [5.41, 5.74) is 8.01. The van der Waals surface area contributed by atoms with E-state index in [-0.39, 0.29) is 32.1 Å². The van der Waals surface area contributed by atoms with Crippen LogP contribution in [0, 0.1) is 20.2 Å². The highest BCUT2D eigenvalue weighted by Gasteiger charge is 2.34. The van der Waals surface area contributed by atoms with E-state index in [0.717, 1.165) is 45.0 Å². The largest absolute Gasteiger partial charge is 0.355 e. The molecular weight excluding hydrogens is 480 g/mol. The van der Waals surface area contributed by atoms with Crippen molar-refractivity contribution in [3.8, 4) is 0 Å². The molecule has 2 aliphatic rings. The van der Waals surface area contributed by atoms with Crippen molar-refractivity contribution < 1.29 is 9.85 Å². The first kappa shape index (κ1) is 25.0. The molecule has 0 aromatic heterocycles. The number of non-ortho nitro benzene ring substituents is 2. The number of nitrogens with zero attached hydrogens (tertiary/aromatic N) is 2. The van der Waals surface area contributed by atoms with E-state index in [1.165, 1.54) is 12.1 Å². The predicted molar refractivity (Wildman–Crippen MR) is 150 cm³/mol. The summed E-state index contributed by atoms with van der Waals surface area (Å²) >= 11 is 0. The minimum atomic E-state index is -0.350. The fraction of sp³-hybridized carbons (Fsp3) is 0.200. The number of nitrogens with one attached hydrogen (secondary N) is 2. The Labute approximate surface area is 220 Å². The molecule has 2 heterocycles. The SMILES string of the molecule is CC1(C)c2ccccc2Nc2ccc([N+](=O)[O-])cc21.CC1(C)c2ccccc2Nc2ccc([N+](=O)[O-])cc21. The molecule has 0 spiro atoms. The molecule has 2 aliphatic heterocycles. The highest BCUT2D eigenvalue weighted by Crippen LogP contribution is 2.47. The van der Waals surface area contributed by atoms with Crippen LogP contribution in [0.3, 0.4) is 0 Å². The Morgan fingerprint density at radius 3 is 1.24 bits per heavy atom. The summed E-state index contributed by atoms with van der Waals surface area (Å²) < 4.78 is 0. The van der Waals surface area contributed by atoms with Gasteiger partial charge in [0, 0.05) is 57.8 Å². The Balaban J connectivity index is 0.000000155. The Kier molecular flexibility index (Phi) is 5.90. The molecule has 8 heteroatoms. The third kappa shape index (κ3) is 4.14. The van der Waals surface area contributed by atoms with Crippen LogP contribution in [0.25, 0.3) is 0 Å². The number of fused-ring (bicyclic) bond motifs is 4. The fourth-order valence-electron chi connectivity index (χ4n) is 5.40. The Bertz CT molecular complexity index is 1470. The predicted octanol–water partition coefficient (Wildman–Crippen LogP) is 7.96. The van der Waals surface area contributed by atoms with Crippen molar-refractivity contribution in [3.05, 3.63) is 127 Å². The highest BCUT2D eigenvalue weighted by molar-refractivity contribution is 5.77. The number of anilines is 4. The number of rotatable bonds is 2. The summed E-state index contributed by atoms with van der Waals surface area (Å²) in [5.74, 6) is 0. The molecule has 0 saturated heterocycles. The minimum absolute atomic E-state index is 0.132. The quantitative estimate of drug-likeness (QED) is 0.210. The van der Waals surface area contributed by atoms with Crippen LogP contribution in [0.2, 0.25) is 0 Å². The van der Waals surface area contributed by atoms with Crippen molar-refractivity contribution in [1.82, 2.24) is 0 Å². The fourth-order valence-corrected chi connectivity index (χ4v) is 5.40. The first-order chi connectivity index (χ1) is 18.0. The van der Waals surface area contributed by atoms with Crippen LogP contribution in [0.4, 0.5) is 34.1 Å². The number of nitro groups is 2. The summed E-state index contributed by atoms with van der Waals surface area (Å²) in [6.07, 6.45) is 0. The molecule has 0 radical (unpaired) electrons. The molecule has 0 unspecified atom stereocenters. The van der Waals surface area contributed by atoms with Gasteiger partial charge in [-0.05, 0) is 46.5 Å². The number of para-hydroxylation sites is 2. The molecule has 4 aromatic carbocycles. The van der Waals surface area contributed by atoms with Gasteiger partial charge in [-0.1, -0.05) is 64.1 Å². The maximum Gasteiger partial charge on any atom is 0.269 e. The van der Waals surface area contributed by atoms with Gasteiger partial charge in [0.15, 0.2) is 0 Å². The van der Waals surface area contributed by atoms with E-state index in [1.807, 2.05) is 36.4 Å². The number of hydrogen-bond acceptors (Lipinski definition) is 6. The molecule has 4 aromatic rings. The molecule has 2 N–H and O–H groups in total. The van der Waals surface area contributed by atoms with Crippen LogP contribution in [0.15, 0.2) is 84.9 Å². The monoisotopic (exact) mass is 508 g/mol. The zero-order valence-corrected chi connectivity index (χ0v) is 21.6. The average molecular weight is 509 g/mol. The number of hydrogen-bond donors (Lipinski definition) is 2. The lowest BCUT2D eigenvalue weighted by molar-refractivity contribution is -0.385. The van der Waals surface area contributed by atoms with E-state index in [1.54, 1.807) is 24.3 Å². The van der Waals surface area contributed by atoms with Gasteiger partial charge in [0.2, 0.25) is 0 Å². The molecule has 0 bridgehead atoms. The van der Waals surface area contributed by atoms with Gasteiger partial charge in [-0.15, -0.1) is 0 Å². The maximum absolute atomic E-state index is 10.9. The first-order valence-electron chi connectivity index (χ1n) is 12.3. The molecule has 8 nitrogen and oxygen atoms in total. The van der Waals surface area contributed by atoms with Gasteiger partial charge in [0.05, 0.1) is 9.85 Å². The topological polar surface area (TPSA) is 110 Å². The van der Waals surface area contributed by atoms with Gasteiger partial charge >= 0.3 is 0 Å². The second-order valence-corrected chi connectivity index (χ2v) is 10.6. The van der Waals surface area contributed by atoms with Crippen molar-refractivity contribution in [3.63, 3.8) is 0 Å². The molecule has 0 atom stereocenters. The summed E-state index contributed by atoms with van der Waals surface area (Å²) in [4.78, 5) is 21.2. The molecule has 6 rings (SSSR count). The molecule has 0 amide bonds. The Hall–Kier alpha value is -4.72. The van der Waals surface area contributed by atoms with E-state index in [9.17, 15) is 20.2 Å². The zero-order chi connectivity index (χ0) is 27.2. The smallest absolute Gasteiger partial charge is 0.269 e. The molecule has 192 valence electrons. The van der Waals surface area contributed by atoms with Crippen LogP contribution in [0.1, 0.15) is 49.9 Å². The van der Waals surface area contributed by atoms with Gasteiger partial charge in [0.1, 0.15) is 0 Å². The van der Waals surface area contributed by atoms with Crippen LogP contribution in [-0.4, -0.2) is 9.85 Å². The second-order valence-electron chi connectivity index (χ2n) is 10.6. The normalized spacial score (nSPS) is 15.1. The first-order valence-corrected chi connectivity index (χ1v) is 12.3. The van der Waals surface area contributed by atoms with Crippen LogP contribution >= 0.6 is 0 Å². The van der Waals surface area contributed by atoms with Gasteiger partial charge in [-0.25, -0.2) is 0 Å².